The molecule has 0 amide bonds. The number of piperidine rings is 1. The molecule has 0 aromatic carbocycles. The zero-order valence-electron chi connectivity index (χ0n) is 13.8. The van der Waals surface area contributed by atoms with Crippen LogP contribution in [0.25, 0.3) is 0 Å². The first-order valence-corrected chi connectivity index (χ1v) is 7.99. The van der Waals surface area contributed by atoms with Crippen molar-refractivity contribution in [1.29, 1.82) is 0 Å². The Kier molecular flexibility index (Phi) is 5.94. The van der Waals surface area contributed by atoms with Crippen molar-refractivity contribution in [1.82, 2.24) is 20.2 Å². The van der Waals surface area contributed by atoms with Crippen LogP contribution in [0.1, 0.15) is 32.4 Å². The van der Waals surface area contributed by atoms with E-state index in [4.69, 9.17) is 0 Å². The lowest BCUT2D eigenvalue weighted by Gasteiger charge is -2.36. The molecular formula is C16H29N5. The highest BCUT2D eigenvalue weighted by Gasteiger charge is 2.22. The summed E-state index contributed by atoms with van der Waals surface area (Å²) in [6, 6.07) is 0.618. The van der Waals surface area contributed by atoms with Crippen molar-refractivity contribution in [3.05, 3.63) is 18.1 Å². The molecule has 1 aromatic heterocycles. The van der Waals surface area contributed by atoms with E-state index < -0.39 is 0 Å². The minimum absolute atomic E-state index is 0.618. The third-order valence-corrected chi connectivity index (χ3v) is 4.00. The van der Waals surface area contributed by atoms with Gasteiger partial charge in [0.05, 0.1) is 18.1 Å². The Morgan fingerprint density at radius 1 is 1.33 bits per heavy atom. The first-order valence-electron chi connectivity index (χ1n) is 7.99. The van der Waals surface area contributed by atoms with Crippen LogP contribution in [0.5, 0.6) is 0 Å². The lowest BCUT2D eigenvalue weighted by molar-refractivity contribution is 0.257. The molecule has 1 aromatic rings. The number of likely N-dealkylation sites (N-methyl/N-ethyl adjacent to an activating group) is 1. The van der Waals surface area contributed by atoms with Gasteiger partial charge in [0, 0.05) is 25.7 Å². The molecular weight excluding hydrogens is 262 g/mol. The number of nitrogens with one attached hydrogen (secondary N) is 1. The molecule has 2 rings (SSSR count). The van der Waals surface area contributed by atoms with E-state index in [1.165, 1.54) is 12.8 Å². The molecule has 5 nitrogen and oxygen atoms in total. The van der Waals surface area contributed by atoms with Gasteiger partial charge in [0.2, 0.25) is 0 Å². The largest absolute Gasteiger partial charge is 0.354 e. The van der Waals surface area contributed by atoms with Gasteiger partial charge in [-0.1, -0.05) is 13.8 Å². The fourth-order valence-corrected chi connectivity index (χ4v) is 2.68. The van der Waals surface area contributed by atoms with Gasteiger partial charge in [-0.05, 0) is 39.4 Å². The van der Waals surface area contributed by atoms with Crippen LogP contribution in [0.15, 0.2) is 12.4 Å². The molecule has 1 unspecified atom stereocenters. The van der Waals surface area contributed by atoms with Gasteiger partial charge >= 0.3 is 0 Å². The zero-order chi connectivity index (χ0) is 15.2. The summed E-state index contributed by atoms with van der Waals surface area (Å²) in [6.45, 7) is 8.36. The van der Waals surface area contributed by atoms with Crippen molar-refractivity contribution in [2.24, 2.45) is 5.92 Å². The van der Waals surface area contributed by atoms with Crippen LogP contribution in [0.3, 0.4) is 0 Å². The topological polar surface area (TPSA) is 44.3 Å². The van der Waals surface area contributed by atoms with Crippen molar-refractivity contribution < 1.29 is 0 Å². The van der Waals surface area contributed by atoms with Gasteiger partial charge in [-0.2, -0.15) is 0 Å². The molecule has 1 saturated heterocycles. The summed E-state index contributed by atoms with van der Waals surface area (Å²) in [5.74, 6) is 1.67. The Bertz CT molecular complexity index is 415. The lowest BCUT2D eigenvalue weighted by atomic mass is 10.1. The number of hydrogen-bond donors (Lipinski definition) is 1. The van der Waals surface area contributed by atoms with Gasteiger partial charge in [0.15, 0.2) is 0 Å². The molecule has 1 atom stereocenters. The summed E-state index contributed by atoms with van der Waals surface area (Å²) in [6.07, 6.45) is 6.32. The van der Waals surface area contributed by atoms with Crippen molar-refractivity contribution in [3.63, 3.8) is 0 Å². The molecule has 1 aliphatic rings. The van der Waals surface area contributed by atoms with Crippen LogP contribution >= 0.6 is 0 Å². The summed E-state index contributed by atoms with van der Waals surface area (Å²) in [5.41, 5.74) is 1.01. The Balaban J connectivity index is 1.89. The molecule has 0 radical (unpaired) electrons. The molecule has 5 heteroatoms. The van der Waals surface area contributed by atoms with Gasteiger partial charge in [-0.3, -0.25) is 4.98 Å². The van der Waals surface area contributed by atoms with E-state index in [9.17, 15) is 0 Å². The summed E-state index contributed by atoms with van der Waals surface area (Å²) in [7, 11) is 4.31. The lowest BCUT2D eigenvalue weighted by Crippen LogP contribution is -2.45. The van der Waals surface area contributed by atoms with Gasteiger partial charge in [-0.25, -0.2) is 4.98 Å². The SMILES string of the molecule is CC(C)CNCc1cnc(N2CCCC(N(C)C)C2)cn1. The minimum Gasteiger partial charge on any atom is -0.354 e. The van der Waals surface area contributed by atoms with Crippen molar-refractivity contribution in [2.45, 2.75) is 39.3 Å². The third kappa shape index (κ3) is 4.93. The van der Waals surface area contributed by atoms with Crippen molar-refractivity contribution in [2.75, 3.05) is 38.6 Å². The molecule has 0 aliphatic carbocycles. The fraction of sp³-hybridized carbons (Fsp3) is 0.750. The second kappa shape index (κ2) is 7.71. The maximum absolute atomic E-state index is 4.60. The molecule has 21 heavy (non-hydrogen) atoms. The van der Waals surface area contributed by atoms with E-state index in [1.807, 2.05) is 12.4 Å². The monoisotopic (exact) mass is 291 g/mol. The van der Waals surface area contributed by atoms with E-state index in [2.05, 4.69) is 53.0 Å². The fourth-order valence-electron chi connectivity index (χ4n) is 2.68. The normalized spacial score (nSPS) is 19.5. The minimum atomic E-state index is 0.618. The molecule has 0 saturated carbocycles. The van der Waals surface area contributed by atoms with E-state index in [-0.39, 0.29) is 0 Å². The van der Waals surface area contributed by atoms with E-state index in [1.54, 1.807) is 0 Å². The first-order chi connectivity index (χ1) is 10.1. The molecule has 118 valence electrons. The first kappa shape index (κ1) is 16.2. The maximum Gasteiger partial charge on any atom is 0.147 e. The number of anilines is 1. The van der Waals surface area contributed by atoms with E-state index >= 15 is 0 Å². The highest BCUT2D eigenvalue weighted by molar-refractivity contribution is 5.36. The van der Waals surface area contributed by atoms with Gasteiger partial charge in [0.1, 0.15) is 5.82 Å². The molecule has 1 fully saturated rings. The molecule has 0 bridgehead atoms. The Morgan fingerprint density at radius 2 is 2.14 bits per heavy atom. The second-order valence-electron chi connectivity index (χ2n) is 6.60. The van der Waals surface area contributed by atoms with E-state index in [0.29, 0.717) is 12.0 Å². The van der Waals surface area contributed by atoms with Crippen LogP contribution in [0, 0.1) is 5.92 Å². The maximum atomic E-state index is 4.60. The van der Waals surface area contributed by atoms with Crippen molar-refractivity contribution in [3.8, 4) is 0 Å². The van der Waals surface area contributed by atoms with Gasteiger partial charge < -0.3 is 15.1 Å². The average Bonchev–Trinajstić information content (AvgIpc) is 2.48. The van der Waals surface area contributed by atoms with E-state index in [0.717, 1.165) is 37.7 Å². The summed E-state index contributed by atoms with van der Waals surface area (Å²) >= 11 is 0. The summed E-state index contributed by atoms with van der Waals surface area (Å²) in [4.78, 5) is 13.8. The van der Waals surface area contributed by atoms with Crippen LogP contribution in [-0.2, 0) is 6.54 Å². The van der Waals surface area contributed by atoms with Crippen LogP contribution in [-0.4, -0.2) is 54.6 Å². The third-order valence-electron chi connectivity index (χ3n) is 4.00. The standard InChI is InChI=1S/C16H29N5/c1-13(2)8-17-9-14-10-19-16(11-18-14)21-7-5-6-15(12-21)20(3)4/h10-11,13,15,17H,5-9,12H2,1-4H3. The number of rotatable bonds is 6. The molecule has 1 aliphatic heterocycles. The average molecular weight is 291 g/mol. The second-order valence-corrected chi connectivity index (χ2v) is 6.60. The highest BCUT2D eigenvalue weighted by atomic mass is 15.2. The zero-order valence-corrected chi connectivity index (χ0v) is 13.8. The predicted molar refractivity (Wildman–Crippen MR) is 87.5 cm³/mol. The van der Waals surface area contributed by atoms with Crippen LogP contribution < -0.4 is 10.2 Å². The summed E-state index contributed by atoms with van der Waals surface area (Å²) in [5, 5.41) is 3.40. The van der Waals surface area contributed by atoms with Crippen LogP contribution in [0.4, 0.5) is 5.82 Å². The number of hydrogen-bond acceptors (Lipinski definition) is 5. The molecule has 1 N–H and O–H groups in total. The van der Waals surface area contributed by atoms with Gasteiger partial charge in [-0.15, -0.1) is 0 Å². The van der Waals surface area contributed by atoms with Crippen molar-refractivity contribution >= 4 is 5.82 Å². The quantitative estimate of drug-likeness (QED) is 0.865. The van der Waals surface area contributed by atoms with Crippen LogP contribution in [0.2, 0.25) is 0 Å². The number of aromatic nitrogens is 2. The smallest absolute Gasteiger partial charge is 0.147 e. The summed E-state index contributed by atoms with van der Waals surface area (Å²) < 4.78 is 0. The Labute approximate surface area is 128 Å². The highest BCUT2D eigenvalue weighted by Crippen LogP contribution is 2.19. The number of nitrogens with zero attached hydrogens (tertiary/aromatic N) is 4. The molecule has 2 heterocycles. The molecule has 0 spiro atoms. The predicted octanol–water partition coefficient (Wildman–Crippen LogP) is 1.75. The Morgan fingerprint density at radius 3 is 2.76 bits per heavy atom. The van der Waals surface area contributed by atoms with Gasteiger partial charge in [0.25, 0.3) is 0 Å². The Hall–Kier alpha value is -1.20.